The van der Waals surface area contributed by atoms with Crippen LogP contribution >= 0.6 is 11.8 Å². The lowest BCUT2D eigenvalue weighted by molar-refractivity contribution is -0.162. The molecule has 0 aromatic heterocycles. The van der Waals surface area contributed by atoms with Gasteiger partial charge in [-0.25, -0.2) is 9.59 Å². The topological polar surface area (TPSA) is 123 Å². The Morgan fingerprint density at radius 2 is 1.77 bits per heavy atom. The maximum atomic E-state index is 12.7. The first-order chi connectivity index (χ1) is 18.5. The molecule has 0 aliphatic rings. The zero-order chi connectivity index (χ0) is 28.8. The number of unbranched alkanes of at least 4 members (excludes halogenated alkanes) is 1. The molecular formula is C27H35F3N2O6S. The molecule has 0 aliphatic carbocycles. The molecule has 8 nitrogen and oxygen atoms in total. The average Bonchev–Trinajstić information content (AvgIpc) is 2.89. The minimum Gasteiger partial charge on any atom is -0.491 e. The summed E-state index contributed by atoms with van der Waals surface area (Å²) in [5.41, 5.74) is 11.2. The summed E-state index contributed by atoms with van der Waals surface area (Å²) in [5.74, 6) is -0.310. The number of halogens is 3. The minimum absolute atomic E-state index is 0.171. The maximum absolute atomic E-state index is 12.7. The molecule has 2 aromatic carbocycles. The van der Waals surface area contributed by atoms with Crippen LogP contribution in [0.15, 0.2) is 47.4 Å². The van der Waals surface area contributed by atoms with E-state index >= 15 is 0 Å². The Balaban J connectivity index is 1.82. The van der Waals surface area contributed by atoms with Gasteiger partial charge >= 0.3 is 18.1 Å². The largest absolute Gasteiger partial charge is 0.491 e. The van der Waals surface area contributed by atoms with Gasteiger partial charge in [0.05, 0.1) is 5.56 Å². The number of hydrogen-bond donors (Lipinski definition) is 2. The van der Waals surface area contributed by atoms with Crippen LogP contribution in [0.5, 0.6) is 11.5 Å². The fraction of sp³-hybridized carbons (Fsp3) is 0.481. The molecule has 0 amide bonds. The lowest BCUT2D eigenvalue weighted by atomic mass is 10.1. The molecule has 0 saturated heterocycles. The van der Waals surface area contributed by atoms with E-state index in [1.54, 1.807) is 6.07 Å². The molecule has 0 heterocycles. The Kier molecular flexibility index (Phi) is 13.6. The molecular weight excluding hydrogens is 537 g/mol. The second kappa shape index (κ2) is 16.3. The highest BCUT2D eigenvalue weighted by Gasteiger charge is 2.30. The van der Waals surface area contributed by atoms with Crippen LogP contribution in [0.1, 0.15) is 37.3 Å². The van der Waals surface area contributed by atoms with E-state index in [4.69, 9.17) is 30.4 Å². The van der Waals surface area contributed by atoms with Gasteiger partial charge in [0.2, 0.25) is 0 Å². The first-order valence-corrected chi connectivity index (χ1v) is 13.5. The van der Waals surface area contributed by atoms with E-state index in [1.165, 1.54) is 23.9 Å². The van der Waals surface area contributed by atoms with Crippen molar-refractivity contribution >= 4 is 23.7 Å². The Hall–Kier alpha value is -2.80. The van der Waals surface area contributed by atoms with E-state index in [0.29, 0.717) is 43.2 Å². The van der Waals surface area contributed by atoms with Crippen LogP contribution in [0.25, 0.3) is 0 Å². The van der Waals surface area contributed by atoms with Gasteiger partial charge in [-0.05, 0) is 81.3 Å². The summed E-state index contributed by atoms with van der Waals surface area (Å²) < 4.78 is 59.8. The monoisotopic (exact) mass is 572 g/mol. The van der Waals surface area contributed by atoms with Crippen molar-refractivity contribution in [3.8, 4) is 11.5 Å². The molecule has 0 spiro atoms. The van der Waals surface area contributed by atoms with Crippen LogP contribution in [0.3, 0.4) is 0 Å². The fourth-order valence-corrected chi connectivity index (χ4v) is 4.35. The van der Waals surface area contributed by atoms with Crippen molar-refractivity contribution in [2.75, 3.05) is 32.1 Å². The molecule has 0 aliphatic heterocycles. The number of thioether (sulfide) groups is 1. The van der Waals surface area contributed by atoms with Gasteiger partial charge in [0.15, 0.2) is 6.61 Å². The Bertz CT molecular complexity index is 1050. The zero-order valence-electron chi connectivity index (χ0n) is 22.0. The summed E-state index contributed by atoms with van der Waals surface area (Å²) in [6, 6.07) is 9.03. The SMILES string of the molecule is CCOC(COc1ccc(C(F)(F)F)cc1)CSc1ccc(OCC(=O)OC(=O)[C@@H](N)CCCCN)c(C)c1. The van der Waals surface area contributed by atoms with E-state index in [1.807, 2.05) is 26.0 Å². The summed E-state index contributed by atoms with van der Waals surface area (Å²) in [6.45, 7) is 4.34. The second-order valence-electron chi connectivity index (χ2n) is 8.62. The molecule has 2 aromatic rings. The molecule has 0 bridgehead atoms. The number of alkyl halides is 3. The summed E-state index contributed by atoms with van der Waals surface area (Å²) >= 11 is 1.51. The van der Waals surface area contributed by atoms with Crippen LogP contribution in [-0.4, -0.2) is 56.2 Å². The Morgan fingerprint density at radius 1 is 1.05 bits per heavy atom. The van der Waals surface area contributed by atoms with Crippen molar-refractivity contribution in [3.05, 3.63) is 53.6 Å². The number of aryl methyl sites for hydroxylation is 1. The summed E-state index contributed by atoms with van der Waals surface area (Å²) in [4.78, 5) is 24.8. The smallest absolute Gasteiger partial charge is 0.416 e. The number of benzene rings is 2. The summed E-state index contributed by atoms with van der Waals surface area (Å²) in [7, 11) is 0. The number of carbonyl (C=O) groups is 2. The van der Waals surface area contributed by atoms with Gasteiger partial charge in [0.1, 0.15) is 30.3 Å². The van der Waals surface area contributed by atoms with Gasteiger partial charge in [0, 0.05) is 17.3 Å². The molecule has 12 heteroatoms. The van der Waals surface area contributed by atoms with Gasteiger partial charge < -0.3 is 30.4 Å². The molecule has 0 fully saturated rings. The number of ether oxygens (including phenoxy) is 4. The van der Waals surface area contributed by atoms with Crippen molar-refractivity contribution in [1.29, 1.82) is 0 Å². The van der Waals surface area contributed by atoms with Crippen molar-refractivity contribution in [3.63, 3.8) is 0 Å². The van der Waals surface area contributed by atoms with Crippen LogP contribution < -0.4 is 20.9 Å². The molecule has 2 atom stereocenters. The summed E-state index contributed by atoms with van der Waals surface area (Å²) in [5, 5.41) is 0. The van der Waals surface area contributed by atoms with E-state index in [-0.39, 0.29) is 12.7 Å². The van der Waals surface area contributed by atoms with Crippen LogP contribution in [-0.2, 0) is 25.2 Å². The number of carbonyl (C=O) groups excluding carboxylic acids is 2. The van der Waals surface area contributed by atoms with Gasteiger partial charge in [-0.15, -0.1) is 11.8 Å². The zero-order valence-corrected chi connectivity index (χ0v) is 22.8. The van der Waals surface area contributed by atoms with Crippen molar-refractivity contribution < 1.29 is 41.7 Å². The number of hydrogen-bond acceptors (Lipinski definition) is 9. The van der Waals surface area contributed by atoms with Gasteiger partial charge in [-0.1, -0.05) is 6.42 Å². The average molecular weight is 573 g/mol. The number of rotatable bonds is 16. The van der Waals surface area contributed by atoms with Gasteiger partial charge in [0.25, 0.3) is 0 Å². The number of nitrogens with two attached hydrogens (primary N) is 2. The Labute approximate surface area is 230 Å². The first-order valence-electron chi connectivity index (χ1n) is 12.5. The van der Waals surface area contributed by atoms with E-state index < -0.39 is 36.3 Å². The lowest BCUT2D eigenvalue weighted by Crippen LogP contribution is -2.35. The highest BCUT2D eigenvalue weighted by Crippen LogP contribution is 2.30. The molecule has 0 radical (unpaired) electrons. The molecule has 216 valence electrons. The minimum atomic E-state index is -4.40. The third kappa shape index (κ3) is 11.9. The maximum Gasteiger partial charge on any atom is 0.416 e. The fourth-order valence-electron chi connectivity index (χ4n) is 3.35. The van der Waals surface area contributed by atoms with E-state index in [2.05, 4.69) is 0 Å². The summed E-state index contributed by atoms with van der Waals surface area (Å²) in [6.07, 6.45) is -2.92. The predicted octanol–water partition coefficient (Wildman–Crippen LogP) is 4.49. The molecule has 2 rings (SSSR count). The second-order valence-corrected chi connectivity index (χ2v) is 9.71. The van der Waals surface area contributed by atoms with Gasteiger partial charge in [-0.3, -0.25) is 0 Å². The van der Waals surface area contributed by atoms with Crippen molar-refractivity contribution in [1.82, 2.24) is 0 Å². The van der Waals surface area contributed by atoms with Crippen molar-refractivity contribution in [2.45, 2.75) is 56.3 Å². The van der Waals surface area contributed by atoms with Crippen molar-refractivity contribution in [2.24, 2.45) is 11.5 Å². The van der Waals surface area contributed by atoms with E-state index in [0.717, 1.165) is 29.0 Å². The van der Waals surface area contributed by atoms with Crippen LogP contribution in [0.4, 0.5) is 13.2 Å². The predicted molar refractivity (Wildman–Crippen MR) is 142 cm³/mol. The quantitative estimate of drug-likeness (QED) is 0.130. The lowest BCUT2D eigenvalue weighted by Gasteiger charge is -2.18. The standard InChI is InChI=1S/C27H35F3N2O6S/c1-3-35-21(15-36-20-9-7-19(8-10-20)27(28,29)30)17-39-22-11-12-24(18(2)14-22)37-16-25(33)38-26(34)23(32)6-4-5-13-31/h7-12,14,21,23H,3-6,13,15-17,31-32H2,1-2H3/t21?,23-/m0/s1. The Morgan fingerprint density at radius 3 is 2.38 bits per heavy atom. The highest BCUT2D eigenvalue weighted by molar-refractivity contribution is 7.99. The molecule has 4 N–H and O–H groups in total. The third-order valence-corrected chi connectivity index (χ3v) is 6.56. The highest BCUT2D eigenvalue weighted by atomic mass is 32.2. The van der Waals surface area contributed by atoms with Crippen LogP contribution in [0.2, 0.25) is 0 Å². The van der Waals surface area contributed by atoms with E-state index in [9.17, 15) is 22.8 Å². The number of esters is 2. The first kappa shape index (κ1) is 32.4. The van der Waals surface area contributed by atoms with Crippen LogP contribution in [0, 0.1) is 6.92 Å². The normalized spacial score (nSPS) is 13.0. The third-order valence-electron chi connectivity index (χ3n) is 5.43. The molecule has 0 saturated carbocycles. The van der Waals surface area contributed by atoms with Gasteiger partial charge in [-0.2, -0.15) is 13.2 Å². The molecule has 1 unspecified atom stereocenters. The molecule has 39 heavy (non-hydrogen) atoms.